The Kier molecular flexibility index (Phi) is 18.9. The molecule has 8 amide bonds. The molecular weight excluding hydrogens is 1070 g/mol. The van der Waals surface area contributed by atoms with Crippen LogP contribution >= 0.6 is 18.9 Å². The minimum Gasteiger partial charge on any atom is -0.366 e. The maximum atomic E-state index is 14.8. The molecule has 0 spiro atoms. The topological polar surface area (TPSA) is 249 Å². The van der Waals surface area contributed by atoms with Crippen LogP contribution in [0.15, 0.2) is 72.8 Å². The summed E-state index contributed by atoms with van der Waals surface area (Å²) in [6, 6.07) is 16.0. The third-order valence-electron chi connectivity index (χ3n) is 15.1. The van der Waals surface area contributed by atoms with Gasteiger partial charge in [-0.3, -0.25) is 53.1 Å². The van der Waals surface area contributed by atoms with Gasteiger partial charge >= 0.3 is 13.3 Å². The van der Waals surface area contributed by atoms with E-state index >= 15 is 0 Å². The fourth-order valence-corrected chi connectivity index (χ4v) is 12.2. The summed E-state index contributed by atoms with van der Waals surface area (Å²) in [4.78, 5) is 130. The zero-order valence-electron chi connectivity index (χ0n) is 45.0. The zero-order chi connectivity index (χ0) is 57.5. The quantitative estimate of drug-likeness (QED) is 0.0252. The second kappa shape index (κ2) is 25.4. The van der Waals surface area contributed by atoms with Gasteiger partial charge in [0.15, 0.2) is 0 Å². The van der Waals surface area contributed by atoms with Gasteiger partial charge in [0.1, 0.15) is 24.7 Å². The van der Waals surface area contributed by atoms with Crippen molar-refractivity contribution in [2.75, 3.05) is 32.8 Å². The molecule has 8 rings (SSSR count). The Morgan fingerprint density at radius 1 is 0.887 bits per heavy atom. The number of carbonyl (C=O) groups excluding carboxylic acids is 8. The molecule has 5 atom stereocenters. The predicted molar refractivity (Wildman–Crippen MR) is 293 cm³/mol. The molecule has 426 valence electrons. The Morgan fingerprint density at radius 2 is 1.61 bits per heavy atom. The highest BCUT2D eigenvalue weighted by Gasteiger charge is 2.51. The summed E-state index contributed by atoms with van der Waals surface area (Å²) in [7, 11) is -5.85. The first-order valence-corrected chi connectivity index (χ1v) is 29.6. The van der Waals surface area contributed by atoms with Crippen molar-refractivity contribution < 1.29 is 66.2 Å². The molecule has 2 unspecified atom stereocenters. The van der Waals surface area contributed by atoms with Crippen LogP contribution in [-0.2, 0) is 38.9 Å². The van der Waals surface area contributed by atoms with Gasteiger partial charge in [0, 0.05) is 67.2 Å². The van der Waals surface area contributed by atoms with Crippen LogP contribution in [-0.4, -0.2) is 129 Å². The molecular formula is C58H67F2N6O12PS. The molecule has 4 aliphatic rings. The fourth-order valence-electron chi connectivity index (χ4n) is 10.8. The lowest BCUT2D eigenvalue weighted by Gasteiger charge is -2.38. The van der Waals surface area contributed by atoms with Crippen molar-refractivity contribution >= 4 is 76.3 Å². The van der Waals surface area contributed by atoms with Crippen LogP contribution in [0.4, 0.5) is 8.78 Å². The molecule has 3 aromatic carbocycles. The highest BCUT2D eigenvalue weighted by molar-refractivity contribution is 7.52. The maximum absolute atomic E-state index is 14.8. The van der Waals surface area contributed by atoms with Gasteiger partial charge in [-0.25, -0.2) is 0 Å². The lowest BCUT2D eigenvalue weighted by molar-refractivity contribution is -0.147. The molecule has 0 aliphatic carbocycles. The van der Waals surface area contributed by atoms with Crippen LogP contribution in [0.1, 0.15) is 157 Å². The molecule has 3 fully saturated rings. The third-order valence-corrected chi connectivity index (χ3v) is 17.2. The van der Waals surface area contributed by atoms with E-state index in [4.69, 9.17) is 4.74 Å². The van der Waals surface area contributed by atoms with Crippen LogP contribution in [0.25, 0.3) is 10.1 Å². The van der Waals surface area contributed by atoms with Crippen LogP contribution in [0.3, 0.4) is 0 Å². The number of ether oxygens (including phenoxy) is 1. The summed E-state index contributed by atoms with van der Waals surface area (Å²) in [5.41, 5.74) is -4.37. The van der Waals surface area contributed by atoms with Crippen molar-refractivity contribution in [1.82, 2.24) is 30.7 Å². The number of imide groups is 2. The van der Waals surface area contributed by atoms with Crippen LogP contribution in [0.2, 0.25) is 0 Å². The van der Waals surface area contributed by atoms with E-state index in [9.17, 15) is 61.5 Å². The monoisotopic (exact) mass is 1140 g/mol. The molecule has 22 heteroatoms. The van der Waals surface area contributed by atoms with E-state index < -0.39 is 83.9 Å². The number of hydrogen-bond acceptors (Lipinski definition) is 11. The summed E-state index contributed by atoms with van der Waals surface area (Å²) in [5, 5.41) is 8.09. The number of likely N-dealkylation sites (tertiary alicyclic amines) is 2. The Labute approximate surface area is 466 Å². The lowest BCUT2D eigenvalue weighted by Crippen LogP contribution is -2.58. The summed E-state index contributed by atoms with van der Waals surface area (Å²) >= 11 is 0.955. The molecule has 0 bridgehead atoms. The smallest absolute Gasteiger partial charge is 0.366 e. The van der Waals surface area contributed by atoms with Gasteiger partial charge in [-0.05, 0) is 78.8 Å². The summed E-state index contributed by atoms with van der Waals surface area (Å²) in [6.07, 6.45) is 8.13. The number of thiophene rings is 1. The largest absolute Gasteiger partial charge is 0.399 e. The molecule has 5 heterocycles. The maximum Gasteiger partial charge on any atom is 0.399 e. The Bertz CT molecular complexity index is 3150. The first-order chi connectivity index (χ1) is 38.0. The molecule has 3 saturated heterocycles. The van der Waals surface area contributed by atoms with Gasteiger partial charge in [0.25, 0.3) is 17.7 Å². The Hall–Kier alpha value is -6.69. The van der Waals surface area contributed by atoms with Gasteiger partial charge < -0.3 is 35.0 Å². The molecule has 5 N–H and O–H groups in total. The van der Waals surface area contributed by atoms with E-state index in [0.29, 0.717) is 36.3 Å². The average molecular weight is 1140 g/mol. The molecule has 4 aliphatic heterocycles. The summed E-state index contributed by atoms with van der Waals surface area (Å²) in [5.74, 6) is 2.14. The van der Waals surface area contributed by atoms with E-state index in [1.54, 1.807) is 37.8 Å². The highest BCUT2D eigenvalue weighted by Crippen LogP contribution is 2.59. The molecule has 4 aromatic rings. The minimum absolute atomic E-state index is 0.0298. The highest BCUT2D eigenvalue weighted by atomic mass is 32.1. The van der Waals surface area contributed by atoms with Gasteiger partial charge in [0.05, 0.1) is 22.1 Å². The van der Waals surface area contributed by atoms with E-state index in [2.05, 4.69) is 27.8 Å². The second-order valence-electron chi connectivity index (χ2n) is 22.0. The number of rotatable bonds is 20. The lowest BCUT2D eigenvalue weighted by atomic mass is 9.85. The molecule has 80 heavy (non-hydrogen) atoms. The fraction of sp³-hybridized carbons (Fsp3) is 0.483. The van der Waals surface area contributed by atoms with E-state index in [-0.39, 0.29) is 71.5 Å². The van der Waals surface area contributed by atoms with Gasteiger partial charge in [-0.2, -0.15) is 8.78 Å². The number of piperidine rings is 2. The molecule has 1 aromatic heterocycles. The number of nitrogens with zero attached hydrogens (tertiary/aromatic N) is 3. The summed E-state index contributed by atoms with van der Waals surface area (Å²) < 4.78 is 47.3. The standard InChI is InChI=1S/C58H67F2N6O12PS/c1-57(2,3)50(63-52(70)46-31-39-30-40(24-26-45(39)80-46)58(59,60)79(75,76)77)56(74)65-34-41(32-44(65)54(72)64-29-17-22-38(33-64)36-18-13-11-14-19-36)78-35-48(68)61-28-15-10-8-6-4-5-7-9-12-20-37-21-16-23-42-49(37)55(73)66(53(42)71)43-25-27-47(67)62-51(43)69/h11,13-14,16,18-19,21,23-24,26,30-31,38,41,43-44,50H,4-10,15,17,22,25,27-29,32-35H2,1-3H3,(H,61,68)(H,63,70)(H,62,67,69)(H2,75,76,77)/t38-,41-,43?,44-,50?/m0/s1. The number of alkyl halides is 2. The number of hydrogen-bond donors (Lipinski definition) is 5. The number of nitrogens with one attached hydrogen (secondary N) is 3. The Balaban J connectivity index is 0.805. The average Bonchev–Trinajstić information content (AvgIpc) is 4.21. The second-order valence-corrected chi connectivity index (χ2v) is 24.7. The minimum atomic E-state index is -5.85. The first kappa shape index (κ1) is 59.4. The van der Waals surface area contributed by atoms with Crippen molar-refractivity contribution in [3.8, 4) is 11.8 Å². The van der Waals surface area contributed by atoms with Crippen molar-refractivity contribution in [2.24, 2.45) is 5.41 Å². The van der Waals surface area contributed by atoms with Crippen LogP contribution in [0, 0.1) is 17.3 Å². The normalized spacial score (nSPS) is 20.1. The van der Waals surface area contributed by atoms with Crippen molar-refractivity contribution in [1.29, 1.82) is 0 Å². The first-order valence-electron chi connectivity index (χ1n) is 27.2. The zero-order valence-corrected chi connectivity index (χ0v) is 46.7. The SMILES string of the molecule is CC(C)(C)C(NC(=O)c1cc2cc(C(F)(F)P(=O)(O)O)ccc2s1)C(=O)N1C[C@@H](OCC(=O)NCCCCCCCCCC#Cc2cccc3c2C(=O)N(C2CCC(=O)NC2=O)C3=O)C[C@H]1C(=O)N1CCC[C@H](c2ccccc2)C1. The van der Waals surface area contributed by atoms with Crippen molar-refractivity contribution in [3.05, 3.63) is 105 Å². The summed E-state index contributed by atoms with van der Waals surface area (Å²) in [6.45, 7) is 6.32. The van der Waals surface area contributed by atoms with E-state index in [1.807, 2.05) is 30.3 Å². The third kappa shape index (κ3) is 13.7. The van der Waals surface area contributed by atoms with Crippen LogP contribution in [0.5, 0.6) is 0 Å². The van der Waals surface area contributed by atoms with E-state index in [1.165, 1.54) is 23.1 Å². The number of amides is 8. The number of unbranched alkanes of at least 4 members (excludes halogenated alkanes) is 7. The number of carbonyl (C=O) groups is 8. The Morgan fingerprint density at radius 3 is 2.33 bits per heavy atom. The molecule has 18 nitrogen and oxygen atoms in total. The molecule has 0 radical (unpaired) electrons. The van der Waals surface area contributed by atoms with Gasteiger partial charge in [-0.15, -0.1) is 11.3 Å². The van der Waals surface area contributed by atoms with Gasteiger partial charge in [-0.1, -0.05) is 107 Å². The number of fused-ring (bicyclic) bond motifs is 2. The van der Waals surface area contributed by atoms with Crippen molar-refractivity contribution in [2.45, 2.75) is 140 Å². The van der Waals surface area contributed by atoms with Gasteiger partial charge in [0.2, 0.25) is 29.5 Å². The van der Waals surface area contributed by atoms with Crippen LogP contribution < -0.4 is 16.0 Å². The molecule has 0 saturated carbocycles. The number of halogens is 2. The predicted octanol–water partition coefficient (Wildman–Crippen LogP) is 7.36. The number of benzene rings is 3. The van der Waals surface area contributed by atoms with Crippen molar-refractivity contribution in [3.63, 3.8) is 0 Å². The van der Waals surface area contributed by atoms with E-state index in [0.717, 1.165) is 91.7 Å².